The van der Waals surface area contributed by atoms with Gasteiger partial charge in [0.15, 0.2) is 0 Å². The highest BCUT2D eigenvalue weighted by molar-refractivity contribution is 8.04. The zero-order chi connectivity index (χ0) is 21.8. The standard InChI is InChI=1S/C25H21ClN2O2S/c1-17-6-8-19(9-7-17)15-27-24(29)16-28-21-4-2-3-5-22(21)31-23(25(28)30)14-18-10-12-20(26)13-11-18/h2-14H,15-16H2,1H3,(H,27,29). The Bertz CT molecular complexity index is 1140. The molecule has 0 saturated carbocycles. The summed E-state index contributed by atoms with van der Waals surface area (Å²) in [5.41, 5.74) is 3.81. The van der Waals surface area contributed by atoms with E-state index < -0.39 is 0 Å². The number of carbonyl (C=O) groups excluding carboxylic acids is 2. The van der Waals surface area contributed by atoms with E-state index in [2.05, 4.69) is 5.32 Å². The average molecular weight is 449 g/mol. The molecule has 0 spiro atoms. The van der Waals surface area contributed by atoms with Crippen LogP contribution >= 0.6 is 23.4 Å². The molecule has 0 bridgehead atoms. The number of hydrogen-bond acceptors (Lipinski definition) is 3. The predicted octanol–water partition coefficient (Wildman–Crippen LogP) is 5.44. The first-order valence-corrected chi connectivity index (χ1v) is 11.1. The van der Waals surface area contributed by atoms with Gasteiger partial charge in [0.2, 0.25) is 5.91 Å². The number of nitrogens with one attached hydrogen (secondary N) is 1. The maximum Gasteiger partial charge on any atom is 0.265 e. The Balaban J connectivity index is 1.53. The molecule has 0 atom stereocenters. The number of rotatable bonds is 5. The molecule has 1 N–H and O–H groups in total. The molecule has 3 aromatic rings. The molecule has 1 heterocycles. The number of hydrogen-bond donors (Lipinski definition) is 1. The summed E-state index contributed by atoms with van der Waals surface area (Å²) in [5, 5.41) is 3.55. The summed E-state index contributed by atoms with van der Waals surface area (Å²) >= 11 is 7.38. The van der Waals surface area contributed by atoms with Gasteiger partial charge in [-0.25, -0.2) is 0 Å². The molecule has 0 aliphatic carbocycles. The molecule has 156 valence electrons. The van der Waals surface area contributed by atoms with E-state index >= 15 is 0 Å². The Morgan fingerprint density at radius 2 is 1.74 bits per heavy atom. The second-order valence-corrected chi connectivity index (χ2v) is 8.80. The Hall–Kier alpha value is -3.02. The Morgan fingerprint density at radius 1 is 1.03 bits per heavy atom. The molecule has 0 saturated heterocycles. The summed E-state index contributed by atoms with van der Waals surface area (Å²) in [6.07, 6.45) is 1.83. The molecule has 4 rings (SSSR count). The molecule has 1 aliphatic rings. The van der Waals surface area contributed by atoms with E-state index in [4.69, 9.17) is 11.6 Å². The van der Waals surface area contributed by atoms with Gasteiger partial charge in [-0.2, -0.15) is 0 Å². The van der Waals surface area contributed by atoms with Crippen LogP contribution in [-0.4, -0.2) is 18.4 Å². The van der Waals surface area contributed by atoms with E-state index in [1.165, 1.54) is 22.2 Å². The van der Waals surface area contributed by atoms with Crippen molar-refractivity contribution in [1.82, 2.24) is 5.32 Å². The van der Waals surface area contributed by atoms with Crippen molar-refractivity contribution in [2.75, 3.05) is 11.4 Å². The smallest absolute Gasteiger partial charge is 0.265 e. The van der Waals surface area contributed by atoms with Crippen LogP contribution in [0, 0.1) is 6.92 Å². The number of para-hydroxylation sites is 1. The molecule has 1 aliphatic heterocycles. The van der Waals surface area contributed by atoms with Gasteiger partial charge in [0, 0.05) is 16.5 Å². The maximum absolute atomic E-state index is 13.2. The van der Waals surface area contributed by atoms with Crippen molar-refractivity contribution in [3.63, 3.8) is 0 Å². The van der Waals surface area contributed by atoms with E-state index in [1.807, 2.05) is 73.7 Å². The lowest BCUT2D eigenvalue weighted by atomic mass is 10.1. The second kappa shape index (κ2) is 9.41. The Labute approximate surface area is 190 Å². The van der Waals surface area contributed by atoms with Crippen LogP contribution in [0.1, 0.15) is 16.7 Å². The van der Waals surface area contributed by atoms with Crippen LogP contribution in [0.2, 0.25) is 5.02 Å². The summed E-state index contributed by atoms with van der Waals surface area (Å²) in [4.78, 5) is 28.9. The van der Waals surface area contributed by atoms with Crippen LogP contribution in [0.15, 0.2) is 82.6 Å². The third kappa shape index (κ3) is 5.19. The summed E-state index contributed by atoms with van der Waals surface area (Å²) in [5.74, 6) is -0.398. The van der Waals surface area contributed by atoms with Gasteiger partial charge in [-0.1, -0.05) is 77.5 Å². The highest BCUT2D eigenvalue weighted by Gasteiger charge is 2.30. The largest absolute Gasteiger partial charge is 0.350 e. The van der Waals surface area contributed by atoms with Gasteiger partial charge >= 0.3 is 0 Å². The summed E-state index contributed by atoms with van der Waals surface area (Å²) < 4.78 is 0. The van der Waals surface area contributed by atoms with E-state index in [9.17, 15) is 9.59 Å². The topological polar surface area (TPSA) is 49.4 Å². The van der Waals surface area contributed by atoms with Crippen molar-refractivity contribution in [2.24, 2.45) is 0 Å². The molecule has 3 aromatic carbocycles. The molecule has 0 unspecified atom stereocenters. The van der Waals surface area contributed by atoms with E-state index in [-0.39, 0.29) is 18.4 Å². The van der Waals surface area contributed by atoms with E-state index in [0.29, 0.717) is 16.5 Å². The number of fused-ring (bicyclic) bond motifs is 1. The Kier molecular flexibility index (Phi) is 6.44. The fourth-order valence-electron chi connectivity index (χ4n) is 3.24. The fourth-order valence-corrected chi connectivity index (χ4v) is 4.42. The number of halogens is 1. The van der Waals surface area contributed by atoms with Crippen molar-refractivity contribution >= 4 is 46.9 Å². The van der Waals surface area contributed by atoms with Gasteiger partial charge in [-0.15, -0.1) is 0 Å². The number of amides is 2. The van der Waals surface area contributed by atoms with Crippen molar-refractivity contribution in [3.05, 3.63) is 99.4 Å². The van der Waals surface area contributed by atoms with Crippen molar-refractivity contribution in [3.8, 4) is 0 Å². The normalized spacial score (nSPS) is 14.5. The summed E-state index contributed by atoms with van der Waals surface area (Å²) in [6.45, 7) is 2.40. The van der Waals surface area contributed by atoms with Crippen molar-refractivity contribution in [2.45, 2.75) is 18.4 Å². The highest BCUT2D eigenvalue weighted by Crippen LogP contribution is 2.41. The quantitative estimate of drug-likeness (QED) is 0.528. The first-order valence-electron chi connectivity index (χ1n) is 9.88. The minimum absolute atomic E-state index is 0.0414. The number of anilines is 1. The van der Waals surface area contributed by atoms with Gasteiger partial charge in [0.05, 0.1) is 10.6 Å². The molecule has 0 fully saturated rings. The SMILES string of the molecule is Cc1ccc(CNC(=O)CN2C(=O)C(=Cc3ccc(Cl)cc3)Sc3ccccc32)cc1. The molecule has 0 radical (unpaired) electrons. The number of carbonyl (C=O) groups is 2. The van der Waals surface area contributed by atoms with E-state index in [0.717, 1.165) is 21.7 Å². The van der Waals surface area contributed by atoms with Crippen molar-refractivity contribution in [1.29, 1.82) is 0 Å². The average Bonchev–Trinajstić information content (AvgIpc) is 2.77. The second-order valence-electron chi connectivity index (χ2n) is 7.28. The minimum atomic E-state index is -0.207. The number of thioether (sulfide) groups is 1. The molecular weight excluding hydrogens is 428 g/mol. The lowest BCUT2D eigenvalue weighted by Gasteiger charge is -2.29. The van der Waals surface area contributed by atoms with E-state index in [1.54, 1.807) is 12.1 Å². The third-order valence-corrected chi connectivity index (χ3v) is 6.24. The van der Waals surface area contributed by atoms with Crippen molar-refractivity contribution < 1.29 is 9.59 Å². The number of aryl methyl sites for hydroxylation is 1. The number of benzene rings is 3. The zero-order valence-corrected chi connectivity index (χ0v) is 18.5. The van der Waals surface area contributed by atoms with Gasteiger partial charge in [-0.3, -0.25) is 14.5 Å². The fraction of sp³-hybridized carbons (Fsp3) is 0.120. The molecule has 6 heteroatoms. The molecular formula is C25H21ClN2O2S. The van der Waals surface area contributed by atoms with Gasteiger partial charge in [0.25, 0.3) is 5.91 Å². The third-order valence-electron chi connectivity index (χ3n) is 4.91. The molecule has 31 heavy (non-hydrogen) atoms. The summed E-state index contributed by atoms with van der Waals surface area (Å²) in [6, 6.07) is 22.9. The van der Waals surface area contributed by atoms with Crippen LogP contribution < -0.4 is 10.2 Å². The monoisotopic (exact) mass is 448 g/mol. The minimum Gasteiger partial charge on any atom is -0.350 e. The van der Waals surface area contributed by atoms with Crippen LogP contribution in [-0.2, 0) is 16.1 Å². The lowest BCUT2D eigenvalue weighted by molar-refractivity contribution is -0.122. The van der Waals surface area contributed by atoms with Crippen LogP contribution in [0.5, 0.6) is 0 Å². The Morgan fingerprint density at radius 3 is 2.48 bits per heavy atom. The lowest BCUT2D eigenvalue weighted by Crippen LogP contribution is -2.42. The predicted molar refractivity (Wildman–Crippen MR) is 127 cm³/mol. The number of nitrogens with zero attached hydrogens (tertiary/aromatic N) is 1. The molecule has 4 nitrogen and oxygen atoms in total. The van der Waals surface area contributed by atoms with Crippen LogP contribution in [0.4, 0.5) is 5.69 Å². The first-order chi connectivity index (χ1) is 15.0. The van der Waals surface area contributed by atoms with Gasteiger partial charge in [-0.05, 0) is 48.4 Å². The molecule has 2 amide bonds. The highest BCUT2D eigenvalue weighted by atomic mass is 35.5. The maximum atomic E-state index is 13.2. The molecule has 0 aromatic heterocycles. The van der Waals surface area contributed by atoms with Crippen LogP contribution in [0.3, 0.4) is 0 Å². The summed E-state index contributed by atoms with van der Waals surface area (Å²) in [7, 11) is 0. The first kappa shape index (κ1) is 21.2. The van der Waals surface area contributed by atoms with Gasteiger partial charge in [0.1, 0.15) is 6.54 Å². The zero-order valence-electron chi connectivity index (χ0n) is 17.0. The van der Waals surface area contributed by atoms with Crippen LogP contribution in [0.25, 0.3) is 6.08 Å². The van der Waals surface area contributed by atoms with Gasteiger partial charge < -0.3 is 5.32 Å².